The van der Waals surface area contributed by atoms with Crippen molar-refractivity contribution in [3.8, 4) is 6.07 Å². The second-order valence-corrected chi connectivity index (χ2v) is 8.59. The van der Waals surface area contributed by atoms with E-state index in [1.54, 1.807) is 0 Å². The normalized spacial score (nSPS) is 17.4. The number of hydrogen-bond acceptors (Lipinski definition) is 6. The minimum absolute atomic E-state index is 0.0756. The highest BCUT2D eigenvalue weighted by atomic mass is 35.5. The number of nitrogens with zero attached hydrogens (tertiary/aromatic N) is 4. The number of amides is 2. The van der Waals surface area contributed by atoms with Crippen molar-refractivity contribution < 1.29 is 32.4 Å². The van der Waals surface area contributed by atoms with Crippen LogP contribution in [0.5, 0.6) is 0 Å². The zero-order valence-corrected chi connectivity index (χ0v) is 19.7. The summed E-state index contributed by atoms with van der Waals surface area (Å²) in [4.78, 5) is 49.1. The van der Waals surface area contributed by atoms with Crippen molar-refractivity contribution in [2.75, 3.05) is 6.54 Å². The molecule has 8 nitrogen and oxygen atoms in total. The van der Waals surface area contributed by atoms with Gasteiger partial charge in [0.1, 0.15) is 6.54 Å². The topological polar surface area (TPSA) is 100 Å². The molecule has 1 aliphatic rings. The van der Waals surface area contributed by atoms with Gasteiger partial charge in [-0.3, -0.25) is 14.6 Å². The van der Waals surface area contributed by atoms with Gasteiger partial charge in [0.2, 0.25) is 0 Å². The molecule has 2 heterocycles. The first kappa shape index (κ1) is 25.8. The predicted molar refractivity (Wildman–Crippen MR) is 124 cm³/mol. The highest BCUT2D eigenvalue weighted by Crippen LogP contribution is 2.36. The maximum atomic E-state index is 13.7. The molecule has 1 atom stereocenters. The van der Waals surface area contributed by atoms with E-state index in [0.717, 1.165) is 4.90 Å². The second-order valence-electron chi connectivity index (χ2n) is 8.15. The molecule has 12 heteroatoms. The molecule has 0 aliphatic carbocycles. The van der Waals surface area contributed by atoms with E-state index in [-0.39, 0.29) is 28.9 Å². The molecule has 37 heavy (non-hydrogen) atoms. The molecule has 0 radical (unpaired) electrons. The zero-order chi connectivity index (χ0) is 26.8. The van der Waals surface area contributed by atoms with Gasteiger partial charge < -0.3 is 4.90 Å². The van der Waals surface area contributed by atoms with Crippen LogP contribution in [0.3, 0.4) is 0 Å². The van der Waals surface area contributed by atoms with E-state index in [1.165, 1.54) is 67.0 Å². The summed E-state index contributed by atoms with van der Waals surface area (Å²) in [5.41, 5.74) is 0.923. The average Bonchev–Trinajstić information content (AvgIpc) is 2.99. The molecule has 0 spiro atoms. The van der Waals surface area contributed by atoms with Crippen LogP contribution in [0.2, 0.25) is 5.02 Å². The maximum absolute atomic E-state index is 13.7. The molecule has 2 amide bonds. The van der Waals surface area contributed by atoms with Gasteiger partial charge in [-0.2, -0.15) is 18.4 Å². The molecule has 3 aromatic rings. The first-order valence-electron chi connectivity index (χ1n) is 10.7. The minimum atomic E-state index is -5.39. The van der Waals surface area contributed by atoms with Crippen molar-refractivity contribution in [2.45, 2.75) is 19.3 Å². The minimum Gasteiger partial charge on any atom is -0.320 e. The molecule has 0 fully saturated rings. The second kappa shape index (κ2) is 10.0. The van der Waals surface area contributed by atoms with Crippen LogP contribution < -0.4 is 4.65 Å². The highest BCUT2D eigenvalue weighted by Gasteiger charge is 2.55. The first-order valence-corrected chi connectivity index (χ1v) is 11.1. The fraction of sp³-hybridized carbons (Fsp3) is 0.160. The number of alkyl halides is 3. The van der Waals surface area contributed by atoms with E-state index in [4.69, 9.17) is 21.7 Å². The third-order valence-corrected chi connectivity index (χ3v) is 5.95. The molecule has 1 unspecified atom stereocenters. The highest BCUT2D eigenvalue weighted by molar-refractivity contribution is 6.30. The number of carbonyl (C=O) groups excluding carboxylic acids is 3. The van der Waals surface area contributed by atoms with Crippen LogP contribution >= 0.6 is 11.6 Å². The van der Waals surface area contributed by atoms with Crippen LogP contribution in [-0.2, 0) is 27.5 Å². The number of carbonyl (C=O) groups is 3. The molecule has 1 aromatic heterocycles. The van der Waals surface area contributed by atoms with Crippen molar-refractivity contribution in [1.82, 2.24) is 14.5 Å². The summed E-state index contributed by atoms with van der Waals surface area (Å²) in [7, 11) is 0. The lowest BCUT2D eigenvalue weighted by atomic mass is 10.1. The van der Waals surface area contributed by atoms with Gasteiger partial charge in [0.15, 0.2) is 12.2 Å². The molecule has 0 saturated carbocycles. The Kier molecular flexibility index (Phi) is 6.98. The number of aromatic nitrogens is 1. The summed E-state index contributed by atoms with van der Waals surface area (Å²) in [6.07, 6.45) is -2.85. The number of halogens is 4. The van der Waals surface area contributed by atoms with Crippen LogP contribution in [0.1, 0.15) is 27.0 Å². The molecule has 4 rings (SSSR count). The Balaban J connectivity index is 1.83. The number of nitriles is 1. The Morgan fingerprint density at radius 2 is 1.76 bits per heavy atom. The molecule has 0 N–H and O–H groups in total. The summed E-state index contributed by atoms with van der Waals surface area (Å²) in [6.45, 7) is -1.38. The van der Waals surface area contributed by atoms with Gasteiger partial charge in [0, 0.05) is 34.6 Å². The van der Waals surface area contributed by atoms with E-state index in [1.807, 2.05) is 6.07 Å². The first-order chi connectivity index (χ1) is 17.5. The molecule has 0 saturated heterocycles. The van der Waals surface area contributed by atoms with Crippen LogP contribution in [0.4, 0.5) is 18.9 Å². The summed E-state index contributed by atoms with van der Waals surface area (Å²) >= 11 is 5.89. The van der Waals surface area contributed by atoms with Gasteiger partial charge in [-0.15, -0.1) is 0 Å². The molecule has 1 aliphatic heterocycles. The van der Waals surface area contributed by atoms with E-state index in [2.05, 4.69) is 4.98 Å². The van der Waals surface area contributed by atoms with Gasteiger partial charge in [-0.05, 0) is 41.0 Å². The average molecular weight is 530 g/mol. The van der Waals surface area contributed by atoms with Crippen molar-refractivity contribution in [2.24, 2.45) is 0 Å². The lowest BCUT2D eigenvalue weighted by molar-refractivity contribution is -0.235. The smallest absolute Gasteiger partial charge is 0.320 e. The van der Waals surface area contributed by atoms with Gasteiger partial charge in [0.25, 0.3) is 5.91 Å². The van der Waals surface area contributed by atoms with E-state index >= 15 is 0 Å². The number of hydroxylamine groups is 2. The maximum Gasteiger partial charge on any atom is 0.497 e. The molecule has 188 valence electrons. The summed E-state index contributed by atoms with van der Waals surface area (Å²) < 4.78 is 38.6. The standard InChI is InChI=1S/C25H17ClF3N4O4/c26-20-7-5-18(6-8-20)23(35)32-13-19-12-31-10-9-21(19)33(22(34)14-32,37-24(36)25(27,28)29)15-17-3-1-16(11-30)2-4-17/h1-10,12H,13-15H2/q+1. The van der Waals surface area contributed by atoms with Gasteiger partial charge in [0.05, 0.1) is 23.7 Å². The fourth-order valence-corrected chi connectivity index (χ4v) is 4.05. The van der Waals surface area contributed by atoms with Crippen molar-refractivity contribution in [3.05, 3.63) is 94.3 Å². The largest absolute Gasteiger partial charge is 0.497 e. The quantitative estimate of drug-likeness (QED) is 0.467. The van der Waals surface area contributed by atoms with Crippen LogP contribution in [0.25, 0.3) is 0 Å². The van der Waals surface area contributed by atoms with Crippen LogP contribution in [0, 0.1) is 11.3 Å². The Hall–Kier alpha value is -4.27. The summed E-state index contributed by atoms with van der Waals surface area (Å²) in [5, 5.41) is 9.44. The summed E-state index contributed by atoms with van der Waals surface area (Å²) in [5.74, 6) is -4.15. The lowest BCUT2D eigenvalue weighted by Crippen LogP contribution is -2.58. The van der Waals surface area contributed by atoms with Crippen LogP contribution in [0.15, 0.2) is 67.0 Å². The fourth-order valence-electron chi connectivity index (χ4n) is 3.93. The van der Waals surface area contributed by atoms with Crippen molar-refractivity contribution >= 4 is 35.1 Å². The van der Waals surface area contributed by atoms with Crippen molar-refractivity contribution in [3.63, 3.8) is 0 Å². The molecule has 0 bridgehead atoms. The SMILES string of the molecule is N#Cc1ccc(C[N+]2(OC(=O)C(F)(F)F)C(=O)CN(C(=O)c3ccc(Cl)cc3)Cc3cnccc32)cc1. The van der Waals surface area contributed by atoms with Gasteiger partial charge in [-0.1, -0.05) is 23.7 Å². The number of benzene rings is 2. The number of pyridine rings is 1. The van der Waals surface area contributed by atoms with E-state index in [0.29, 0.717) is 10.6 Å². The zero-order valence-electron chi connectivity index (χ0n) is 18.9. The third kappa shape index (κ3) is 5.30. The monoisotopic (exact) mass is 529 g/mol. The summed E-state index contributed by atoms with van der Waals surface area (Å²) in [6, 6.07) is 14.8. The molecular formula is C25H17ClF3N4O4+. The number of quaternary nitrogens is 1. The van der Waals surface area contributed by atoms with E-state index < -0.39 is 41.7 Å². The van der Waals surface area contributed by atoms with Crippen LogP contribution in [-0.4, -0.2) is 40.4 Å². The van der Waals surface area contributed by atoms with Crippen molar-refractivity contribution in [1.29, 1.82) is 5.26 Å². The molecular weight excluding hydrogens is 513 g/mol. The predicted octanol–water partition coefficient (Wildman–Crippen LogP) is 4.32. The number of fused-ring (bicyclic) bond motifs is 1. The van der Waals surface area contributed by atoms with Gasteiger partial charge >= 0.3 is 18.1 Å². The Labute approximate surface area is 213 Å². The third-order valence-electron chi connectivity index (χ3n) is 5.69. The van der Waals surface area contributed by atoms with Gasteiger partial charge in [-0.25, -0.2) is 9.59 Å². The lowest BCUT2D eigenvalue weighted by Gasteiger charge is -2.31. The van der Waals surface area contributed by atoms with E-state index in [9.17, 15) is 27.6 Å². The molecule has 2 aromatic carbocycles. The Bertz CT molecular complexity index is 1410. The number of hydrogen-bond donors (Lipinski definition) is 0. The Morgan fingerprint density at radius 1 is 1.08 bits per heavy atom. The Morgan fingerprint density at radius 3 is 2.38 bits per heavy atom. The number of rotatable bonds is 4.